The second kappa shape index (κ2) is 17.7. The maximum Gasteiger partial charge on any atom is 0.407 e. The number of carbonyl (C=O) groups excluding carboxylic acids is 2. The van der Waals surface area contributed by atoms with Crippen LogP contribution in [0.2, 0.25) is 10.0 Å². The number of nitrogens with one attached hydrogen (secondary N) is 2. The Hall–Kier alpha value is -3.83. The third-order valence-corrected chi connectivity index (χ3v) is 9.99. The highest BCUT2D eigenvalue weighted by Gasteiger charge is 2.29. The van der Waals surface area contributed by atoms with Crippen LogP contribution in [0.15, 0.2) is 66.7 Å². The Bertz CT molecular complexity index is 1590. The van der Waals surface area contributed by atoms with Gasteiger partial charge in [-0.25, -0.2) is 4.79 Å². The van der Waals surface area contributed by atoms with Gasteiger partial charge in [0.25, 0.3) is 5.91 Å². The average molecular weight is 712 g/mol. The standard InChI is InChI=1S/C37H44Cl2N4O6/c38-30-15-14-26(22-31(30)39)21-28(20-25-8-3-1-4-9-25)43(37(47)48)18-16-35(46)42(27-10-5-2-6-11-27)19-17-40-23-33(44)29-12-7-13-32-36(29)49-24-34(45)41-32/h1,3-4,7-9,12-15,22,27-28,33,40,44H,2,5-6,10-11,16-21,23-24H2,(H,41,45)(H,47,48)/t28-,33?/m0/s1. The van der Waals surface area contributed by atoms with Gasteiger partial charge < -0.3 is 35.4 Å². The first-order valence-corrected chi connectivity index (χ1v) is 17.7. The lowest BCUT2D eigenvalue weighted by atomic mass is 9.94. The highest BCUT2D eigenvalue weighted by atomic mass is 35.5. The quantitative estimate of drug-likeness (QED) is 0.136. The third kappa shape index (κ3) is 10.1. The number of aliphatic hydroxyl groups is 1. The van der Waals surface area contributed by atoms with Crippen molar-refractivity contribution in [3.8, 4) is 5.75 Å². The summed E-state index contributed by atoms with van der Waals surface area (Å²) in [6.45, 7) is 1.05. The number of hydrogen-bond acceptors (Lipinski definition) is 6. The molecule has 0 saturated heterocycles. The van der Waals surface area contributed by atoms with E-state index in [1.807, 2.05) is 41.3 Å². The molecule has 2 atom stereocenters. The number of amides is 3. The van der Waals surface area contributed by atoms with Crippen molar-refractivity contribution in [2.45, 2.75) is 69.6 Å². The molecule has 3 amide bonds. The van der Waals surface area contributed by atoms with E-state index < -0.39 is 18.2 Å². The molecule has 2 aliphatic rings. The van der Waals surface area contributed by atoms with Gasteiger partial charge in [-0.1, -0.05) is 91.0 Å². The normalized spacial score (nSPS) is 15.8. The zero-order chi connectivity index (χ0) is 34.8. The van der Waals surface area contributed by atoms with Gasteiger partial charge in [-0.05, 0) is 55.0 Å². The van der Waals surface area contributed by atoms with Crippen LogP contribution in [0.3, 0.4) is 0 Å². The number of carboxylic acid groups (broad SMARTS) is 1. The number of nitrogens with zero attached hydrogens (tertiary/aromatic N) is 2. The summed E-state index contributed by atoms with van der Waals surface area (Å²) in [5, 5.41) is 28.2. The van der Waals surface area contributed by atoms with E-state index in [9.17, 15) is 24.6 Å². The smallest absolute Gasteiger partial charge is 0.407 e. The largest absolute Gasteiger partial charge is 0.481 e. The SMILES string of the molecule is O=C1COc2c(cccc2C(O)CNCCN(C(=O)CCN(C(=O)O)[C@@H](Cc2ccccc2)Cc2ccc(Cl)c(Cl)c2)C2CCCCC2)N1. The molecular formula is C37H44Cl2N4O6. The molecule has 1 saturated carbocycles. The molecular weight excluding hydrogens is 667 g/mol. The Kier molecular flexibility index (Phi) is 13.2. The van der Waals surface area contributed by atoms with Gasteiger partial charge in [0, 0.05) is 50.2 Å². The lowest BCUT2D eigenvalue weighted by Gasteiger charge is -2.36. The van der Waals surface area contributed by atoms with E-state index in [4.69, 9.17) is 27.9 Å². The third-order valence-electron chi connectivity index (χ3n) is 9.25. The number of para-hydroxylation sites is 1. The summed E-state index contributed by atoms with van der Waals surface area (Å²) in [4.78, 5) is 41.6. The van der Waals surface area contributed by atoms with Gasteiger partial charge >= 0.3 is 6.09 Å². The van der Waals surface area contributed by atoms with Gasteiger partial charge in [-0.15, -0.1) is 0 Å². The molecule has 1 unspecified atom stereocenters. The Morgan fingerprint density at radius 2 is 1.69 bits per heavy atom. The van der Waals surface area contributed by atoms with E-state index in [0.717, 1.165) is 43.2 Å². The van der Waals surface area contributed by atoms with Crippen molar-refractivity contribution in [1.82, 2.24) is 15.1 Å². The number of fused-ring (bicyclic) bond motifs is 1. The monoisotopic (exact) mass is 710 g/mol. The van der Waals surface area contributed by atoms with E-state index in [-0.39, 0.29) is 44.0 Å². The van der Waals surface area contributed by atoms with Gasteiger partial charge in [0.1, 0.15) is 5.75 Å². The minimum atomic E-state index is -1.08. The first-order valence-electron chi connectivity index (χ1n) is 16.9. The first kappa shape index (κ1) is 36.5. The topological polar surface area (TPSA) is 131 Å². The van der Waals surface area contributed by atoms with Gasteiger partial charge in [0.15, 0.2) is 6.61 Å². The maximum atomic E-state index is 13.9. The van der Waals surface area contributed by atoms with Crippen LogP contribution in [0.1, 0.15) is 61.3 Å². The van der Waals surface area contributed by atoms with E-state index in [0.29, 0.717) is 53.0 Å². The van der Waals surface area contributed by atoms with Crippen molar-refractivity contribution in [3.63, 3.8) is 0 Å². The second-order valence-electron chi connectivity index (χ2n) is 12.7. The molecule has 0 aromatic heterocycles. The minimum absolute atomic E-state index is 0.0529. The number of aliphatic hydroxyl groups excluding tert-OH is 1. The van der Waals surface area contributed by atoms with Crippen molar-refractivity contribution < 1.29 is 29.3 Å². The number of hydrogen-bond donors (Lipinski definition) is 4. The molecule has 1 heterocycles. The summed E-state index contributed by atoms with van der Waals surface area (Å²) in [7, 11) is 0. The van der Waals surface area contributed by atoms with Gasteiger partial charge in [0.05, 0.1) is 21.8 Å². The lowest BCUT2D eigenvalue weighted by Crippen LogP contribution is -2.48. The molecule has 1 aliphatic heterocycles. The highest BCUT2D eigenvalue weighted by Crippen LogP contribution is 2.35. The van der Waals surface area contributed by atoms with Crippen LogP contribution in [0, 0.1) is 0 Å². The number of ether oxygens (including phenoxy) is 1. The molecule has 4 N–H and O–H groups in total. The van der Waals surface area contributed by atoms with Crippen molar-refractivity contribution in [1.29, 1.82) is 0 Å². The Morgan fingerprint density at radius 1 is 0.939 bits per heavy atom. The molecule has 49 heavy (non-hydrogen) atoms. The first-order chi connectivity index (χ1) is 23.7. The molecule has 5 rings (SSSR count). The predicted molar refractivity (Wildman–Crippen MR) is 190 cm³/mol. The van der Waals surface area contributed by atoms with E-state index in [2.05, 4.69) is 10.6 Å². The molecule has 262 valence electrons. The van der Waals surface area contributed by atoms with Crippen LogP contribution in [0.5, 0.6) is 5.75 Å². The summed E-state index contributed by atoms with van der Waals surface area (Å²) < 4.78 is 5.59. The molecule has 0 bridgehead atoms. The zero-order valence-electron chi connectivity index (χ0n) is 27.5. The van der Waals surface area contributed by atoms with Gasteiger partial charge in [-0.3, -0.25) is 9.59 Å². The van der Waals surface area contributed by atoms with Crippen LogP contribution in [0.25, 0.3) is 0 Å². The molecule has 12 heteroatoms. The molecule has 10 nitrogen and oxygen atoms in total. The molecule has 0 radical (unpaired) electrons. The van der Waals surface area contributed by atoms with Crippen molar-refractivity contribution in [2.75, 3.05) is 38.1 Å². The Labute approximate surface area is 297 Å². The fourth-order valence-corrected chi connectivity index (χ4v) is 7.08. The van der Waals surface area contributed by atoms with Crippen molar-refractivity contribution in [3.05, 3.63) is 93.5 Å². The number of halogens is 2. The highest BCUT2D eigenvalue weighted by molar-refractivity contribution is 6.42. The van der Waals surface area contributed by atoms with Crippen molar-refractivity contribution in [2.24, 2.45) is 0 Å². The average Bonchev–Trinajstić information content (AvgIpc) is 3.10. The van der Waals surface area contributed by atoms with Crippen LogP contribution >= 0.6 is 23.2 Å². The number of anilines is 1. The fourth-order valence-electron chi connectivity index (χ4n) is 6.76. The van der Waals surface area contributed by atoms with Crippen LogP contribution in [-0.2, 0) is 22.4 Å². The summed E-state index contributed by atoms with van der Waals surface area (Å²) in [5.41, 5.74) is 2.96. The van der Waals surface area contributed by atoms with Gasteiger partial charge in [0.2, 0.25) is 5.91 Å². The molecule has 1 aliphatic carbocycles. The summed E-state index contributed by atoms with van der Waals surface area (Å²) in [6.07, 6.45) is 4.00. The lowest BCUT2D eigenvalue weighted by molar-refractivity contribution is -0.134. The summed E-state index contributed by atoms with van der Waals surface area (Å²) >= 11 is 12.4. The van der Waals surface area contributed by atoms with Crippen LogP contribution in [-0.4, -0.2) is 82.8 Å². The minimum Gasteiger partial charge on any atom is -0.481 e. The van der Waals surface area contributed by atoms with Crippen LogP contribution in [0.4, 0.5) is 10.5 Å². The Balaban J connectivity index is 1.23. The Morgan fingerprint density at radius 3 is 2.43 bits per heavy atom. The van der Waals surface area contributed by atoms with Gasteiger partial charge in [-0.2, -0.15) is 0 Å². The number of carbonyl (C=O) groups is 3. The maximum absolute atomic E-state index is 13.9. The van der Waals surface area contributed by atoms with E-state index in [1.54, 1.807) is 30.3 Å². The predicted octanol–water partition coefficient (Wildman–Crippen LogP) is 6.33. The summed E-state index contributed by atoms with van der Waals surface area (Å²) in [6, 6.07) is 19.9. The summed E-state index contributed by atoms with van der Waals surface area (Å²) in [5.74, 6) is 0.132. The van der Waals surface area contributed by atoms with E-state index >= 15 is 0 Å². The molecule has 3 aromatic rings. The molecule has 1 fully saturated rings. The van der Waals surface area contributed by atoms with Crippen LogP contribution < -0.4 is 15.4 Å². The number of rotatable bonds is 15. The second-order valence-corrected chi connectivity index (χ2v) is 13.5. The molecule has 0 spiro atoms. The molecule has 3 aromatic carbocycles. The van der Waals surface area contributed by atoms with Crippen molar-refractivity contribution >= 4 is 46.8 Å². The zero-order valence-corrected chi connectivity index (χ0v) is 29.0. The fraction of sp³-hybridized carbons (Fsp3) is 0.432. The van der Waals surface area contributed by atoms with E-state index in [1.165, 1.54) is 4.90 Å². The number of benzene rings is 3.